The third-order valence-electron chi connectivity index (χ3n) is 0.771. The molecule has 39 valence electrons. The average molecular weight is 114 g/mol. The van der Waals surface area contributed by atoms with Gasteiger partial charge in [-0.15, -0.1) is 0 Å². The maximum absolute atomic E-state index is 8.17. The molecule has 0 aliphatic heterocycles. The molecule has 1 unspecified atom stereocenters. The summed E-state index contributed by atoms with van der Waals surface area (Å²) in [4.78, 5) is 0. The number of nitrogens with zero attached hydrogens (tertiary/aromatic N) is 1. The summed E-state index contributed by atoms with van der Waals surface area (Å²) in [6, 6.07) is 2.10. The van der Waals surface area contributed by atoms with E-state index in [0.717, 1.165) is 6.42 Å². The van der Waals surface area contributed by atoms with E-state index in [2.05, 4.69) is 18.7 Å². The second-order valence-electron chi connectivity index (χ2n) is 1.52. The Bertz CT molecular complexity index is 74.6. The highest BCUT2D eigenvalue weighted by molar-refractivity contribution is 7.80. The lowest BCUT2D eigenvalue weighted by Crippen LogP contribution is -1.88. The SMILES string of the molecule is CC(C#N)CC[S]. The minimum Gasteiger partial charge on any atom is -0.198 e. The first-order chi connectivity index (χ1) is 3.31. The van der Waals surface area contributed by atoms with Gasteiger partial charge in [0.15, 0.2) is 0 Å². The van der Waals surface area contributed by atoms with Gasteiger partial charge in [-0.05, 0) is 13.3 Å². The summed E-state index contributed by atoms with van der Waals surface area (Å²) in [5.41, 5.74) is 0. The van der Waals surface area contributed by atoms with Crippen molar-refractivity contribution in [2.75, 3.05) is 5.75 Å². The van der Waals surface area contributed by atoms with Crippen LogP contribution in [0.25, 0.3) is 0 Å². The highest BCUT2D eigenvalue weighted by atomic mass is 32.1. The molecule has 0 fully saturated rings. The molecular weight excluding hydrogens is 106 g/mol. The molecule has 7 heavy (non-hydrogen) atoms. The first-order valence-electron chi connectivity index (χ1n) is 2.29. The third kappa shape index (κ3) is 3.68. The minimum atomic E-state index is 0.150. The maximum atomic E-state index is 8.17. The van der Waals surface area contributed by atoms with Crippen molar-refractivity contribution in [3.05, 3.63) is 0 Å². The monoisotopic (exact) mass is 114 g/mol. The molecule has 0 spiro atoms. The fourth-order valence-corrected chi connectivity index (χ4v) is 0.595. The van der Waals surface area contributed by atoms with Crippen molar-refractivity contribution in [3.63, 3.8) is 0 Å². The standard InChI is InChI=1S/C5H8NS/c1-5(4-6)2-3-7/h5H,2-3H2,1H3. The van der Waals surface area contributed by atoms with Crippen molar-refractivity contribution < 1.29 is 0 Å². The lowest BCUT2D eigenvalue weighted by Gasteiger charge is -1.91. The predicted octanol–water partition coefficient (Wildman–Crippen LogP) is 1.73. The Morgan fingerprint density at radius 2 is 2.43 bits per heavy atom. The minimum absolute atomic E-state index is 0.150. The van der Waals surface area contributed by atoms with Gasteiger partial charge in [-0.3, -0.25) is 0 Å². The van der Waals surface area contributed by atoms with Crippen LogP contribution in [0.2, 0.25) is 0 Å². The lowest BCUT2D eigenvalue weighted by molar-refractivity contribution is 0.722. The molecule has 0 amide bonds. The van der Waals surface area contributed by atoms with Crippen LogP contribution in [-0.4, -0.2) is 5.75 Å². The molecule has 0 heterocycles. The predicted molar refractivity (Wildman–Crippen MR) is 31.9 cm³/mol. The van der Waals surface area contributed by atoms with Gasteiger partial charge in [0.05, 0.1) is 6.07 Å². The van der Waals surface area contributed by atoms with Crippen LogP contribution in [0.4, 0.5) is 0 Å². The fraction of sp³-hybridized carbons (Fsp3) is 0.800. The highest BCUT2D eigenvalue weighted by Crippen LogP contribution is 1.98. The van der Waals surface area contributed by atoms with E-state index >= 15 is 0 Å². The van der Waals surface area contributed by atoms with E-state index in [1.54, 1.807) is 0 Å². The second-order valence-corrected chi connectivity index (χ2v) is 1.93. The Morgan fingerprint density at radius 1 is 1.86 bits per heavy atom. The van der Waals surface area contributed by atoms with Crippen LogP contribution in [0.3, 0.4) is 0 Å². The van der Waals surface area contributed by atoms with Crippen LogP contribution in [0, 0.1) is 17.2 Å². The third-order valence-corrected chi connectivity index (χ3v) is 1.01. The zero-order chi connectivity index (χ0) is 5.70. The van der Waals surface area contributed by atoms with Gasteiger partial charge in [0.25, 0.3) is 0 Å². The van der Waals surface area contributed by atoms with Crippen LogP contribution in [-0.2, 0) is 0 Å². The molecule has 0 aromatic carbocycles. The van der Waals surface area contributed by atoms with E-state index in [1.165, 1.54) is 0 Å². The maximum Gasteiger partial charge on any atom is 0.0653 e. The Balaban J connectivity index is 3.04. The van der Waals surface area contributed by atoms with Crippen LogP contribution in [0.5, 0.6) is 0 Å². The summed E-state index contributed by atoms with van der Waals surface area (Å²) < 4.78 is 0. The molecule has 0 saturated carbocycles. The van der Waals surface area contributed by atoms with Gasteiger partial charge in [0.2, 0.25) is 0 Å². The molecule has 1 radical (unpaired) electrons. The summed E-state index contributed by atoms with van der Waals surface area (Å²) in [6.07, 6.45) is 0.853. The van der Waals surface area contributed by atoms with Crippen LogP contribution < -0.4 is 0 Å². The first-order valence-corrected chi connectivity index (χ1v) is 2.86. The van der Waals surface area contributed by atoms with E-state index in [9.17, 15) is 0 Å². The molecule has 0 aromatic heterocycles. The van der Waals surface area contributed by atoms with Crippen molar-refractivity contribution in [2.24, 2.45) is 5.92 Å². The topological polar surface area (TPSA) is 23.8 Å². The molecule has 2 heteroatoms. The molecular formula is C5H8NS. The van der Waals surface area contributed by atoms with Gasteiger partial charge in [-0.25, -0.2) is 0 Å². The Morgan fingerprint density at radius 3 is 2.57 bits per heavy atom. The van der Waals surface area contributed by atoms with Crippen molar-refractivity contribution in [2.45, 2.75) is 13.3 Å². The highest BCUT2D eigenvalue weighted by Gasteiger charge is 1.93. The van der Waals surface area contributed by atoms with Gasteiger partial charge < -0.3 is 0 Å². The van der Waals surface area contributed by atoms with Gasteiger partial charge in [0.1, 0.15) is 0 Å². The van der Waals surface area contributed by atoms with Gasteiger partial charge in [-0.2, -0.15) is 5.26 Å². The van der Waals surface area contributed by atoms with Gasteiger partial charge in [-0.1, -0.05) is 12.6 Å². The van der Waals surface area contributed by atoms with E-state index in [0.29, 0.717) is 5.75 Å². The van der Waals surface area contributed by atoms with Crippen LogP contribution in [0.1, 0.15) is 13.3 Å². The molecule has 0 aromatic rings. The number of hydrogen-bond acceptors (Lipinski definition) is 1. The van der Waals surface area contributed by atoms with E-state index < -0.39 is 0 Å². The van der Waals surface area contributed by atoms with E-state index in [-0.39, 0.29) is 5.92 Å². The van der Waals surface area contributed by atoms with E-state index in [4.69, 9.17) is 5.26 Å². The van der Waals surface area contributed by atoms with Crippen molar-refractivity contribution in [1.29, 1.82) is 5.26 Å². The largest absolute Gasteiger partial charge is 0.198 e. The van der Waals surface area contributed by atoms with Gasteiger partial charge in [0, 0.05) is 11.7 Å². The van der Waals surface area contributed by atoms with E-state index in [1.807, 2.05) is 6.92 Å². The molecule has 1 nitrogen and oxygen atoms in total. The molecule has 0 N–H and O–H groups in total. The summed E-state index contributed by atoms with van der Waals surface area (Å²) >= 11 is 4.64. The van der Waals surface area contributed by atoms with Crippen LogP contribution in [0.15, 0.2) is 0 Å². The summed E-state index contributed by atoms with van der Waals surface area (Å²) in [5, 5.41) is 8.17. The smallest absolute Gasteiger partial charge is 0.0653 e. The van der Waals surface area contributed by atoms with Crippen LogP contribution >= 0.6 is 12.6 Å². The second kappa shape index (κ2) is 4.01. The molecule has 0 saturated heterocycles. The summed E-state index contributed by atoms with van der Waals surface area (Å²) in [7, 11) is 0. The molecule has 0 bridgehead atoms. The average Bonchev–Trinajstić information content (AvgIpc) is 1.68. The van der Waals surface area contributed by atoms with Crippen molar-refractivity contribution in [3.8, 4) is 6.07 Å². The quantitative estimate of drug-likeness (QED) is 0.536. The van der Waals surface area contributed by atoms with Crippen molar-refractivity contribution >= 4 is 12.6 Å². The number of nitriles is 1. The number of hydrogen-bond donors (Lipinski definition) is 0. The normalized spacial score (nSPS) is 12.7. The molecule has 0 rings (SSSR count). The van der Waals surface area contributed by atoms with Crippen molar-refractivity contribution in [1.82, 2.24) is 0 Å². The number of rotatable bonds is 2. The Kier molecular flexibility index (Phi) is 3.92. The summed E-state index contributed by atoms with van der Waals surface area (Å²) in [5.74, 6) is 0.854. The Hall–Kier alpha value is -0.160. The molecule has 0 aliphatic carbocycles. The van der Waals surface area contributed by atoms with Gasteiger partial charge >= 0.3 is 0 Å². The Labute approximate surface area is 49.7 Å². The first kappa shape index (κ1) is 6.84. The lowest BCUT2D eigenvalue weighted by atomic mass is 10.1. The fourth-order valence-electron chi connectivity index (χ4n) is 0.241. The molecule has 0 aliphatic rings. The zero-order valence-corrected chi connectivity index (χ0v) is 5.16. The zero-order valence-electron chi connectivity index (χ0n) is 4.35. The summed E-state index contributed by atoms with van der Waals surface area (Å²) in [6.45, 7) is 1.88. The molecule has 1 atom stereocenters.